The molecule has 2 amide bonds. The summed E-state index contributed by atoms with van der Waals surface area (Å²) in [5, 5.41) is 3.05. The summed E-state index contributed by atoms with van der Waals surface area (Å²) in [5.74, 6) is 0.285. The van der Waals surface area contributed by atoms with Crippen LogP contribution in [0.25, 0.3) is 0 Å². The lowest BCUT2D eigenvalue weighted by Gasteiger charge is -2.38. The van der Waals surface area contributed by atoms with Crippen LogP contribution in [0, 0.1) is 5.92 Å². The third-order valence-electron chi connectivity index (χ3n) is 5.56. The van der Waals surface area contributed by atoms with Gasteiger partial charge in [-0.2, -0.15) is 0 Å². The topological polar surface area (TPSA) is 71.1 Å². The van der Waals surface area contributed by atoms with Crippen LogP contribution >= 0.6 is 0 Å². The molecule has 0 aromatic heterocycles. The molecule has 0 bridgehead atoms. The van der Waals surface area contributed by atoms with Crippen molar-refractivity contribution in [2.45, 2.75) is 45.0 Å². The van der Waals surface area contributed by atoms with Crippen LogP contribution in [-0.2, 0) is 14.3 Å². The third kappa shape index (κ3) is 4.31. The Morgan fingerprint density at radius 1 is 1.07 bits per heavy atom. The number of amides is 2. The lowest BCUT2D eigenvalue weighted by Crippen LogP contribution is -2.50. The molecule has 2 heterocycles. The van der Waals surface area contributed by atoms with Gasteiger partial charge in [0, 0.05) is 25.6 Å². The van der Waals surface area contributed by atoms with E-state index in [0.717, 1.165) is 37.3 Å². The maximum absolute atomic E-state index is 12.9. The summed E-state index contributed by atoms with van der Waals surface area (Å²) >= 11 is 0. The van der Waals surface area contributed by atoms with E-state index >= 15 is 0 Å². The van der Waals surface area contributed by atoms with E-state index in [0.29, 0.717) is 19.7 Å². The van der Waals surface area contributed by atoms with Crippen molar-refractivity contribution in [1.82, 2.24) is 4.90 Å². The number of ketones is 1. The van der Waals surface area contributed by atoms with Crippen molar-refractivity contribution in [3.05, 3.63) is 24.3 Å². The minimum Gasteiger partial charge on any atom is -0.372 e. The monoisotopic (exact) mass is 387 g/mol. The molecule has 3 aliphatic rings. The van der Waals surface area contributed by atoms with Gasteiger partial charge >= 0.3 is 6.03 Å². The fourth-order valence-electron chi connectivity index (χ4n) is 4.06. The van der Waals surface area contributed by atoms with E-state index in [4.69, 9.17) is 9.47 Å². The molecule has 2 aliphatic heterocycles. The number of carbonyl (C=O) groups is 2. The smallest absolute Gasteiger partial charge is 0.322 e. The van der Waals surface area contributed by atoms with Gasteiger partial charge in [0.1, 0.15) is 6.10 Å². The van der Waals surface area contributed by atoms with Crippen molar-refractivity contribution in [3.63, 3.8) is 0 Å². The zero-order valence-electron chi connectivity index (χ0n) is 16.6. The van der Waals surface area contributed by atoms with Gasteiger partial charge in [-0.15, -0.1) is 0 Å². The highest BCUT2D eigenvalue weighted by Gasteiger charge is 2.38. The number of urea groups is 1. The van der Waals surface area contributed by atoms with E-state index < -0.39 is 6.10 Å². The second kappa shape index (κ2) is 8.09. The van der Waals surface area contributed by atoms with Gasteiger partial charge in [0.2, 0.25) is 0 Å². The second-order valence-corrected chi connectivity index (χ2v) is 8.09. The Labute approximate surface area is 166 Å². The van der Waals surface area contributed by atoms with Crippen LogP contribution in [-0.4, -0.2) is 67.8 Å². The Morgan fingerprint density at radius 3 is 2.50 bits per heavy atom. The first-order valence-corrected chi connectivity index (χ1v) is 10.2. The van der Waals surface area contributed by atoms with E-state index in [1.807, 2.05) is 24.3 Å². The molecule has 1 N–H and O–H groups in total. The van der Waals surface area contributed by atoms with Crippen LogP contribution in [0.2, 0.25) is 0 Å². The summed E-state index contributed by atoms with van der Waals surface area (Å²) in [6, 6.07) is 7.67. The molecule has 152 valence electrons. The highest BCUT2D eigenvalue weighted by Crippen LogP contribution is 2.32. The molecule has 4 rings (SSSR count). The largest absolute Gasteiger partial charge is 0.372 e. The van der Waals surface area contributed by atoms with Crippen molar-refractivity contribution < 1.29 is 19.1 Å². The fraction of sp³-hybridized carbons (Fsp3) is 0.619. The van der Waals surface area contributed by atoms with Gasteiger partial charge in [0.05, 0.1) is 36.7 Å². The number of rotatable bonds is 4. The van der Waals surface area contributed by atoms with Crippen molar-refractivity contribution in [3.8, 4) is 0 Å². The number of hydrogen-bond donors (Lipinski definition) is 1. The molecule has 1 aliphatic carbocycles. The van der Waals surface area contributed by atoms with Gasteiger partial charge in [-0.25, -0.2) is 4.79 Å². The van der Waals surface area contributed by atoms with Gasteiger partial charge in [0.25, 0.3) is 0 Å². The SMILES string of the molecule is CC1CN(c2ccccc2NC(=O)N2CCOC(C(=O)C3CC3)C2)CC(C)O1. The lowest BCUT2D eigenvalue weighted by atomic mass is 10.1. The normalized spacial score (nSPS) is 28.1. The van der Waals surface area contributed by atoms with Crippen LogP contribution in [0.1, 0.15) is 26.7 Å². The summed E-state index contributed by atoms with van der Waals surface area (Å²) in [4.78, 5) is 29.1. The molecule has 3 atom stereocenters. The second-order valence-electron chi connectivity index (χ2n) is 8.09. The number of nitrogens with zero attached hydrogens (tertiary/aromatic N) is 2. The molecular formula is C21H29N3O4. The number of benzene rings is 1. The summed E-state index contributed by atoms with van der Waals surface area (Å²) in [6.07, 6.45) is 1.70. The van der Waals surface area contributed by atoms with Gasteiger partial charge in [-0.05, 0) is 38.8 Å². The van der Waals surface area contributed by atoms with Crippen LogP contribution in [0.3, 0.4) is 0 Å². The zero-order chi connectivity index (χ0) is 19.7. The fourth-order valence-corrected chi connectivity index (χ4v) is 4.06. The summed E-state index contributed by atoms with van der Waals surface area (Å²) in [5.41, 5.74) is 1.78. The maximum atomic E-state index is 12.9. The summed E-state index contributed by atoms with van der Waals surface area (Å²) in [6.45, 7) is 6.92. The average molecular weight is 387 g/mol. The van der Waals surface area contributed by atoms with E-state index in [-0.39, 0.29) is 29.9 Å². The van der Waals surface area contributed by atoms with Gasteiger partial charge < -0.3 is 24.6 Å². The van der Waals surface area contributed by atoms with Crippen LogP contribution < -0.4 is 10.2 Å². The first-order chi connectivity index (χ1) is 13.5. The van der Waals surface area contributed by atoms with Gasteiger partial charge in [0.15, 0.2) is 5.78 Å². The minimum absolute atomic E-state index is 0.138. The van der Waals surface area contributed by atoms with Crippen molar-refractivity contribution in [1.29, 1.82) is 0 Å². The predicted octanol–water partition coefficient (Wildman–Crippen LogP) is 2.51. The van der Waals surface area contributed by atoms with Crippen molar-refractivity contribution in [2.75, 3.05) is 43.0 Å². The van der Waals surface area contributed by atoms with E-state index in [2.05, 4.69) is 24.1 Å². The molecule has 0 radical (unpaired) electrons. The molecule has 3 unspecified atom stereocenters. The molecule has 1 aromatic rings. The molecule has 7 nitrogen and oxygen atoms in total. The minimum atomic E-state index is -0.483. The standard InChI is InChI=1S/C21H29N3O4/c1-14-11-24(12-15(2)28-14)18-6-4-3-5-17(18)22-21(26)23-9-10-27-19(13-23)20(25)16-7-8-16/h3-6,14-16,19H,7-13H2,1-2H3,(H,22,26). The van der Waals surface area contributed by atoms with E-state index in [1.165, 1.54) is 0 Å². The number of morpholine rings is 2. The quantitative estimate of drug-likeness (QED) is 0.860. The average Bonchev–Trinajstić information content (AvgIpc) is 3.52. The molecule has 7 heteroatoms. The summed E-state index contributed by atoms with van der Waals surface area (Å²) in [7, 11) is 0. The third-order valence-corrected chi connectivity index (χ3v) is 5.56. The Bertz CT molecular complexity index is 726. The van der Waals surface area contributed by atoms with Crippen molar-refractivity contribution in [2.24, 2.45) is 5.92 Å². The number of carbonyl (C=O) groups excluding carboxylic acids is 2. The number of anilines is 2. The van der Waals surface area contributed by atoms with E-state index in [9.17, 15) is 9.59 Å². The van der Waals surface area contributed by atoms with Crippen LogP contribution in [0.15, 0.2) is 24.3 Å². The number of para-hydroxylation sites is 2. The molecule has 3 fully saturated rings. The molecule has 1 aromatic carbocycles. The van der Waals surface area contributed by atoms with Gasteiger partial charge in [-0.1, -0.05) is 12.1 Å². The molecule has 0 spiro atoms. The molecule has 2 saturated heterocycles. The van der Waals surface area contributed by atoms with Gasteiger partial charge in [-0.3, -0.25) is 4.79 Å². The molecular weight excluding hydrogens is 358 g/mol. The highest BCUT2D eigenvalue weighted by atomic mass is 16.5. The van der Waals surface area contributed by atoms with Crippen molar-refractivity contribution >= 4 is 23.2 Å². The lowest BCUT2D eigenvalue weighted by molar-refractivity contribution is -0.135. The number of Topliss-reactive ketones (excluding diaryl/α,β-unsaturated/α-hetero) is 1. The Hall–Kier alpha value is -2.12. The Morgan fingerprint density at radius 2 is 1.79 bits per heavy atom. The molecule has 1 saturated carbocycles. The van der Waals surface area contributed by atoms with Crippen LogP contribution in [0.5, 0.6) is 0 Å². The first kappa shape index (κ1) is 19.2. The molecule has 28 heavy (non-hydrogen) atoms. The number of hydrogen-bond acceptors (Lipinski definition) is 5. The maximum Gasteiger partial charge on any atom is 0.322 e. The Balaban J connectivity index is 1.43. The highest BCUT2D eigenvalue weighted by molar-refractivity contribution is 5.94. The predicted molar refractivity (Wildman–Crippen MR) is 107 cm³/mol. The van der Waals surface area contributed by atoms with E-state index in [1.54, 1.807) is 4.90 Å². The number of ether oxygens (including phenoxy) is 2. The summed E-state index contributed by atoms with van der Waals surface area (Å²) < 4.78 is 11.5. The van der Waals surface area contributed by atoms with Crippen LogP contribution in [0.4, 0.5) is 16.2 Å². The first-order valence-electron chi connectivity index (χ1n) is 10.2. The Kier molecular flexibility index (Phi) is 5.55. The number of nitrogens with one attached hydrogen (secondary N) is 1. The zero-order valence-corrected chi connectivity index (χ0v) is 16.6.